The van der Waals surface area contributed by atoms with Crippen molar-refractivity contribution in [1.29, 1.82) is 0 Å². The summed E-state index contributed by atoms with van der Waals surface area (Å²) in [6.07, 6.45) is -3.27. The van der Waals surface area contributed by atoms with Crippen molar-refractivity contribution < 1.29 is 30.7 Å². The normalized spacial score (nSPS) is 15.4. The van der Waals surface area contributed by atoms with Crippen LogP contribution in [-0.2, 0) is 16.2 Å². The molecule has 0 bridgehead atoms. The van der Waals surface area contributed by atoms with Gasteiger partial charge in [-0.1, -0.05) is 19.4 Å². The molecule has 1 fully saturated rings. The number of unbranched alkanes of at least 4 members (excludes halogenated alkanes) is 1. The summed E-state index contributed by atoms with van der Waals surface area (Å²) in [6, 6.07) is 7.29. The highest BCUT2D eigenvalue weighted by Gasteiger charge is 2.32. The number of hydrogen-bond acceptors (Lipinski definition) is 6. The second-order valence-corrected chi connectivity index (χ2v) is 10.6. The summed E-state index contributed by atoms with van der Waals surface area (Å²) in [5.41, 5.74) is -0.965. The van der Waals surface area contributed by atoms with Gasteiger partial charge in [-0.3, -0.25) is 0 Å². The Morgan fingerprint density at radius 1 is 1.06 bits per heavy atom. The van der Waals surface area contributed by atoms with E-state index >= 15 is 0 Å². The monoisotopic (exact) mass is 526 g/mol. The number of sulfonamides is 1. The maximum Gasteiger partial charge on any atom is 0.416 e. The maximum absolute atomic E-state index is 14.8. The first kappa shape index (κ1) is 26.1. The Hall–Kier alpha value is -2.99. The molecule has 0 amide bonds. The molecule has 0 radical (unpaired) electrons. The number of alkyl halides is 3. The van der Waals surface area contributed by atoms with E-state index in [0.717, 1.165) is 18.6 Å². The van der Waals surface area contributed by atoms with Crippen molar-refractivity contribution in [2.45, 2.75) is 25.9 Å². The van der Waals surface area contributed by atoms with Crippen molar-refractivity contribution in [2.24, 2.45) is 0 Å². The molecule has 0 unspecified atom stereocenters. The third-order valence-corrected chi connectivity index (χ3v) is 8.07. The molecule has 194 valence electrons. The Morgan fingerprint density at radius 2 is 1.78 bits per heavy atom. The third kappa shape index (κ3) is 5.24. The van der Waals surface area contributed by atoms with Crippen LogP contribution in [-0.4, -0.2) is 61.7 Å². The van der Waals surface area contributed by atoms with Gasteiger partial charge in [-0.15, -0.1) is 0 Å². The number of nitrogens with zero attached hydrogens (tertiary/aromatic N) is 4. The number of methoxy groups -OCH3 is 1. The largest absolute Gasteiger partial charge is 0.496 e. The lowest BCUT2D eigenvalue weighted by Gasteiger charge is -2.35. The predicted octanol–water partition coefficient (Wildman–Crippen LogP) is 4.72. The predicted molar refractivity (Wildman–Crippen MR) is 129 cm³/mol. The number of halogens is 4. The first-order valence-electron chi connectivity index (χ1n) is 11.5. The molecule has 1 aliphatic heterocycles. The van der Waals surface area contributed by atoms with Gasteiger partial charge >= 0.3 is 6.18 Å². The van der Waals surface area contributed by atoms with Crippen molar-refractivity contribution in [2.75, 3.05) is 43.9 Å². The van der Waals surface area contributed by atoms with E-state index in [1.54, 1.807) is 4.90 Å². The molecule has 12 heteroatoms. The summed E-state index contributed by atoms with van der Waals surface area (Å²) in [7, 11) is -2.05. The van der Waals surface area contributed by atoms with Crippen LogP contribution in [0.2, 0.25) is 0 Å². The van der Waals surface area contributed by atoms with Crippen LogP contribution >= 0.6 is 0 Å². The fourth-order valence-corrected chi connectivity index (χ4v) is 5.80. The topological polar surface area (TPSA) is 75.6 Å². The van der Waals surface area contributed by atoms with E-state index in [9.17, 15) is 26.0 Å². The van der Waals surface area contributed by atoms with Crippen LogP contribution in [0.4, 0.5) is 23.4 Å². The summed E-state index contributed by atoms with van der Waals surface area (Å²) < 4.78 is 87.0. The van der Waals surface area contributed by atoms with Gasteiger partial charge in [-0.25, -0.2) is 22.8 Å². The Labute approximate surface area is 206 Å². The number of benzene rings is 2. The zero-order chi connectivity index (χ0) is 26.1. The second-order valence-electron chi connectivity index (χ2n) is 8.47. The Bertz CT molecular complexity index is 1360. The molecule has 0 atom stereocenters. The molecular weight excluding hydrogens is 500 g/mol. The van der Waals surface area contributed by atoms with Gasteiger partial charge in [0.15, 0.2) is 5.82 Å². The van der Waals surface area contributed by atoms with Gasteiger partial charge in [-0.2, -0.15) is 17.5 Å². The van der Waals surface area contributed by atoms with Crippen LogP contribution in [0.1, 0.15) is 25.3 Å². The Balaban J connectivity index is 1.79. The summed E-state index contributed by atoms with van der Waals surface area (Å²) in [5.74, 6) is -0.292. The van der Waals surface area contributed by atoms with Crippen molar-refractivity contribution in [3.8, 4) is 17.1 Å². The van der Waals surface area contributed by atoms with E-state index in [1.807, 2.05) is 6.92 Å². The molecule has 1 aliphatic rings. The number of ether oxygens (including phenoxy) is 1. The molecule has 36 heavy (non-hydrogen) atoms. The highest BCUT2D eigenvalue weighted by atomic mass is 32.2. The Kier molecular flexibility index (Phi) is 7.37. The van der Waals surface area contributed by atoms with Gasteiger partial charge in [0.1, 0.15) is 17.4 Å². The van der Waals surface area contributed by atoms with Crippen LogP contribution in [0.25, 0.3) is 22.3 Å². The van der Waals surface area contributed by atoms with E-state index < -0.39 is 27.6 Å². The number of hydrogen-bond donors (Lipinski definition) is 0. The molecule has 1 aromatic heterocycles. The summed E-state index contributed by atoms with van der Waals surface area (Å²) in [6.45, 7) is 2.87. The lowest BCUT2D eigenvalue weighted by Crippen LogP contribution is -2.49. The summed E-state index contributed by atoms with van der Waals surface area (Å²) >= 11 is 0. The van der Waals surface area contributed by atoms with Gasteiger partial charge < -0.3 is 9.64 Å². The van der Waals surface area contributed by atoms with Gasteiger partial charge in [0, 0.05) is 31.6 Å². The SMILES string of the molecule is CCCCS(=O)(=O)N1CCN(c2nc(-c3c(F)cccc3OC)nc3cc(C(F)(F)F)ccc23)CC1. The van der Waals surface area contributed by atoms with Crippen LogP contribution in [0.15, 0.2) is 36.4 Å². The number of aromatic nitrogens is 2. The van der Waals surface area contributed by atoms with Gasteiger partial charge in [0.25, 0.3) is 0 Å². The zero-order valence-corrected chi connectivity index (χ0v) is 20.7. The molecule has 1 saturated heterocycles. The number of rotatable bonds is 7. The molecule has 0 saturated carbocycles. The van der Waals surface area contributed by atoms with Crippen molar-refractivity contribution >= 4 is 26.7 Å². The minimum absolute atomic E-state index is 0.00636. The molecule has 0 N–H and O–H groups in total. The van der Waals surface area contributed by atoms with Crippen LogP contribution in [0.3, 0.4) is 0 Å². The molecule has 7 nitrogen and oxygen atoms in total. The standard InChI is InChI=1S/C24H26F4N4O3S/c1-3-4-14-36(33,34)32-12-10-31(11-13-32)23-17-9-8-16(24(26,27)28)15-19(17)29-22(30-23)21-18(25)6-5-7-20(21)35-2/h5-9,15H,3-4,10-14H2,1-2H3. The molecule has 2 heterocycles. The maximum atomic E-state index is 14.8. The second kappa shape index (κ2) is 10.2. The molecule has 0 aliphatic carbocycles. The van der Waals surface area contributed by atoms with Crippen molar-refractivity contribution in [3.05, 3.63) is 47.8 Å². The number of fused-ring (bicyclic) bond motifs is 1. The van der Waals surface area contributed by atoms with Gasteiger partial charge in [-0.05, 0) is 36.8 Å². The Morgan fingerprint density at radius 3 is 2.42 bits per heavy atom. The van der Waals surface area contributed by atoms with E-state index in [-0.39, 0.29) is 54.6 Å². The smallest absolute Gasteiger partial charge is 0.416 e. The van der Waals surface area contributed by atoms with Crippen LogP contribution in [0.5, 0.6) is 5.75 Å². The zero-order valence-electron chi connectivity index (χ0n) is 19.8. The third-order valence-electron chi connectivity index (χ3n) is 6.11. The van der Waals surface area contributed by atoms with Crippen molar-refractivity contribution in [3.63, 3.8) is 0 Å². The molecule has 0 spiro atoms. The minimum Gasteiger partial charge on any atom is -0.496 e. The number of piperazine rings is 1. The first-order chi connectivity index (χ1) is 17.0. The average molecular weight is 527 g/mol. The molecule has 4 rings (SSSR count). The number of anilines is 1. The van der Waals surface area contributed by atoms with Crippen LogP contribution < -0.4 is 9.64 Å². The quantitative estimate of drug-likeness (QED) is 0.415. The van der Waals surface area contributed by atoms with Crippen LogP contribution in [0, 0.1) is 5.82 Å². The fourth-order valence-electron chi connectivity index (χ4n) is 4.17. The molecular formula is C24H26F4N4O3S. The first-order valence-corrected chi connectivity index (χ1v) is 13.1. The fraction of sp³-hybridized carbons (Fsp3) is 0.417. The summed E-state index contributed by atoms with van der Waals surface area (Å²) in [4.78, 5) is 10.6. The molecule has 3 aromatic rings. The minimum atomic E-state index is -4.59. The average Bonchev–Trinajstić information content (AvgIpc) is 2.85. The molecule has 2 aromatic carbocycles. The summed E-state index contributed by atoms with van der Waals surface area (Å²) in [5, 5.41) is 0.351. The van der Waals surface area contributed by atoms with E-state index in [0.29, 0.717) is 17.6 Å². The van der Waals surface area contributed by atoms with E-state index in [1.165, 1.54) is 35.7 Å². The van der Waals surface area contributed by atoms with Crippen molar-refractivity contribution in [1.82, 2.24) is 14.3 Å². The highest BCUT2D eigenvalue weighted by Crippen LogP contribution is 2.37. The lowest BCUT2D eigenvalue weighted by atomic mass is 10.1. The highest BCUT2D eigenvalue weighted by molar-refractivity contribution is 7.89. The van der Waals surface area contributed by atoms with Gasteiger partial charge in [0.05, 0.1) is 29.5 Å². The van der Waals surface area contributed by atoms with E-state index in [4.69, 9.17) is 4.74 Å². The van der Waals surface area contributed by atoms with E-state index in [2.05, 4.69) is 9.97 Å². The lowest BCUT2D eigenvalue weighted by molar-refractivity contribution is -0.137. The van der Waals surface area contributed by atoms with Gasteiger partial charge in [0.2, 0.25) is 10.0 Å².